The van der Waals surface area contributed by atoms with E-state index in [1.54, 1.807) is 10.9 Å². The van der Waals surface area contributed by atoms with E-state index in [1.807, 2.05) is 61.5 Å². The first kappa shape index (κ1) is 18.4. The lowest BCUT2D eigenvalue weighted by Gasteiger charge is -2.33. The van der Waals surface area contributed by atoms with Gasteiger partial charge in [-0.2, -0.15) is 5.10 Å². The minimum Gasteiger partial charge on any atom is -0.343 e. The van der Waals surface area contributed by atoms with E-state index in [1.165, 1.54) is 0 Å². The maximum Gasteiger partial charge on any atom is 0.261 e. The number of nitrogens with one attached hydrogen (secondary N) is 2. The summed E-state index contributed by atoms with van der Waals surface area (Å²) in [7, 11) is 0. The number of ketones is 1. The molecule has 1 atom stereocenters. The molecular weight excluding hydrogens is 376 g/mol. The SMILES string of the molecule is Cc1cccc(NC(=O)c2cnn3c2NC2=C(C(=O)CCC2)[C@H]3c2ccccc2)c1. The average Bonchev–Trinajstić information content (AvgIpc) is 3.17. The van der Waals surface area contributed by atoms with Crippen LogP contribution in [0.3, 0.4) is 0 Å². The van der Waals surface area contributed by atoms with E-state index < -0.39 is 0 Å². The van der Waals surface area contributed by atoms with Crippen LogP contribution in [0.25, 0.3) is 0 Å². The number of fused-ring (bicyclic) bond motifs is 1. The van der Waals surface area contributed by atoms with Crippen molar-refractivity contribution < 1.29 is 9.59 Å². The normalized spacial score (nSPS) is 17.8. The van der Waals surface area contributed by atoms with Gasteiger partial charge in [0.2, 0.25) is 0 Å². The molecule has 0 saturated heterocycles. The standard InChI is InChI=1S/C24H22N4O2/c1-15-7-5-10-17(13-15)26-24(30)18-14-25-28-22(16-8-3-2-4-9-16)21-19(27-23(18)28)11-6-12-20(21)29/h2-5,7-10,13-14,22,27H,6,11-12H2,1H3,(H,26,30)/t22-/m1/s1. The Labute approximate surface area is 174 Å². The van der Waals surface area contributed by atoms with Crippen LogP contribution in [0.15, 0.2) is 72.1 Å². The summed E-state index contributed by atoms with van der Waals surface area (Å²) in [5.41, 5.74) is 4.91. The van der Waals surface area contributed by atoms with E-state index >= 15 is 0 Å². The summed E-state index contributed by atoms with van der Waals surface area (Å²) in [6.07, 6.45) is 3.72. The van der Waals surface area contributed by atoms with Crippen LogP contribution >= 0.6 is 0 Å². The van der Waals surface area contributed by atoms with Gasteiger partial charge in [-0.15, -0.1) is 0 Å². The number of nitrogens with zero attached hydrogens (tertiary/aromatic N) is 2. The maximum absolute atomic E-state index is 13.0. The zero-order chi connectivity index (χ0) is 20.7. The Hall–Kier alpha value is -3.67. The summed E-state index contributed by atoms with van der Waals surface area (Å²) >= 11 is 0. The Morgan fingerprint density at radius 2 is 1.97 bits per heavy atom. The second-order valence-corrected chi connectivity index (χ2v) is 7.78. The Kier molecular flexibility index (Phi) is 4.47. The fraction of sp³-hybridized carbons (Fsp3) is 0.208. The van der Waals surface area contributed by atoms with Crippen molar-refractivity contribution in [2.45, 2.75) is 32.2 Å². The minimum atomic E-state index is -0.328. The van der Waals surface area contributed by atoms with Crippen LogP contribution < -0.4 is 10.6 Å². The Balaban J connectivity index is 1.57. The predicted molar refractivity (Wildman–Crippen MR) is 115 cm³/mol. The summed E-state index contributed by atoms with van der Waals surface area (Å²) in [5, 5.41) is 10.8. The number of rotatable bonds is 3. The second kappa shape index (κ2) is 7.30. The van der Waals surface area contributed by atoms with Crippen molar-refractivity contribution in [1.29, 1.82) is 0 Å². The molecule has 30 heavy (non-hydrogen) atoms. The van der Waals surface area contributed by atoms with Crippen LogP contribution in [0, 0.1) is 6.92 Å². The van der Waals surface area contributed by atoms with Gasteiger partial charge in [0.05, 0.1) is 6.20 Å². The summed E-state index contributed by atoms with van der Waals surface area (Å²) < 4.78 is 1.77. The number of carbonyl (C=O) groups is 2. The molecule has 1 aliphatic heterocycles. The molecule has 2 aromatic carbocycles. The minimum absolute atomic E-state index is 0.143. The zero-order valence-electron chi connectivity index (χ0n) is 16.7. The average molecular weight is 398 g/mol. The molecule has 150 valence electrons. The van der Waals surface area contributed by atoms with Crippen molar-refractivity contribution in [1.82, 2.24) is 9.78 Å². The molecule has 0 unspecified atom stereocenters. The molecule has 0 spiro atoms. The molecule has 0 radical (unpaired) electrons. The lowest BCUT2D eigenvalue weighted by molar-refractivity contribution is -0.116. The van der Waals surface area contributed by atoms with E-state index in [-0.39, 0.29) is 17.7 Å². The highest BCUT2D eigenvalue weighted by Gasteiger charge is 2.37. The van der Waals surface area contributed by atoms with E-state index in [4.69, 9.17) is 0 Å². The number of carbonyl (C=O) groups excluding carboxylic acids is 2. The first-order valence-corrected chi connectivity index (χ1v) is 10.2. The van der Waals surface area contributed by atoms with Crippen molar-refractivity contribution in [2.24, 2.45) is 0 Å². The number of hydrogen-bond acceptors (Lipinski definition) is 4. The van der Waals surface area contributed by atoms with Crippen LogP contribution in [-0.2, 0) is 4.79 Å². The number of anilines is 2. The van der Waals surface area contributed by atoms with Gasteiger partial charge in [0.1, 0.15) is 17.4 Å². The molecule has 0 saturated carbocycles. The fourth-order valence-corrected chi connectivity index (χ4v) is 4.29. The molecule has 2 N–H and O–H groups in total. The number of amides is 1. The Morgan fingerprint density at radius 3 is 2.77 bits per heavy atom. The molecule has 0 fully saturated rings. The van der Waals surface area contributed by atoms with E-state index in [0.29, 0.717) is 17.8 Å². The lowest BCUT2D eigenvalue weighted by atomic mass is 9.85. The smallest absolute Gasteiger partial charge is 0.261 e. The molecule has 2 heterocycles. The number of aromatic nitrogens is 2. The molecule has 1 aromatic heterocycles. The monoisotopic (exact) mass is 398 g/mol. The molecule has 3 aromatic rings. The molecule has 2 aliphatic rings. The number of Topliss-reactive ketones (excluding diaryl/α,β-unsaturated/α-hetero) is 1. The van der Waals surface area contributed by atoms with Gasteiger partial charge in [0, 0.05) is 23.4 Å². The summed E-state index contributed by atoms with van der Waals surface area (Å²) in [4.78, 5) is 25.9. The second-order valence-electron chi connectivity index (χ2n) is 7.78. The first-order chi connectivity index (χ1) is 14.6. The number of allylic oxidation sites excluding steroid dienone is 2. The highest BCUT2D eigenvalue weighted by Crippen LogP contribution is 2.41. The number of benzene rings is 2. The zero-order valence-corrected chi connectivity index (χ0v) is 16.7. The van der Waals surface area contributed by atoms with Crippen LogP contribution in [-0.4, -0.2) is 21.5 Å². The van der Waals surface area contributed by atoms with Gasteiger partial charge in [-0.3, -0.25) is 9.59 Å². The maximum atomic E-state index is 13.0. The van der Waals surface area contributed by atoms with E-state index in [9.17, 15) is 9.59 Å². The van der Waals surface area contributed by atoms with Crippen LogP contribution in [0.2, 0.25) is 0 Å². The van der Waals surface area contributed by atoms with Crippen molar-refractivity contribution in [3.05, 3.63) is 88.8 Å². The van der Waals surface area contributed by atoms with Gasteiger partial charge in [-0.25, -0.2) is 4.68 Å². The Morgan fingerprint density at radius 1 is 1.13 bits per heavy atom. The Bertz CT molecular complexity index is 1180. The third-order valence-electron chi connectivity index (χ3n) is 5.67. The first-order valence-electron chi connectivity index (χ1n) is 10.2. The molecule has 6 heteroatoms. The topological polar surface area (TPSA) is 76.0 Å². The lowest BCUT2D eigenvalue weighted by Crippen LogP contribution is -2.32. The fourth-order valence-electron chi connectivity index (χ4n) is 4.29. The third-order valence-corrected chi connectivity index (χ3v) is 5.67. The molecule has 5 rings (SSSR count). The molecule has 1 amide bonds. The van der Waals surface area contributed by atoms with Crippen molar-refractivity contribution in [2.75, 3.05) is 10.6 Å². The van der Waals surface area contributed by atoms with Crippen molar-refractivity contribution in [3.63, 3.8) is 0 Å². The highest BCUT2D eigenvalue weighted by molar-refractivity contribution is 6.08. The van der Waals surface area contributed by atoms with Gasteiger partial charge in [0.15, 0.2) is 5.78 Å². The molecule has 1 aliphatic carbocycles. The van der Waals surface area contributed by atoms with Crippen LogP contribution in [0.5, 0.6) is 0 Å². The summed E-state index contributed by atoms with van der Waals surface area (Å²) in [5.74, 6) is 0.541. The highest BCUT2D eigenvalue weighted by atomic mass is 16.1. The predicted octanol–water partition coefficient (Wildman–Crippen LogP) is 4.47. The van der Waals surface area contributed by atoms with Crippen molar-refractivity contribution >= 4 is 23.2 Å². The van der Waals surface area contributed by atoms with E-state index in [2.05, 4.69) is 15.7 Å². The van der Waals surface area contributed by atoms with Gasteiger partial charge in [0.25, 0.3) is 5.91 Å². The van der Waals surface area contributed by atoms with E-state index in [0.717, 1.165) is 40.9 Å². The van der Waals surface area contributed by atoms with Gasteiger partial charge in [-0.05, 0) is 43.0 Å². The van der Waals surface area contributed by atoms with Gasteiger partial charge >= 0.3 is 0 Å². The number of hydrogen-bond donors (Lipinski definition) is 2. The molecule has 6 nitrogen and oxygen atoms in total. The summed E-state index contributed by atoms with van der Waals surface area (Å²) in [6.45, 7) is 1.98. The summed E-state index contributed by atoms with van der Waals surface area (Å²) in [6, 6.07) is 17.2. The molecular formula is C24H22N4O2. The largest absolute Gasteiger partial charge is 0.343 e. The number of aryl methyl sites for hydroxylation is 1. The van der Waals surface area contributed by atoms with Gasteiger partial charge < -0.3 is 10.6 Å². The third kappa shape index (κ3) is 3.10. The van der Waals surface area contributed by atoms with Crippen molar-refractivity contribution in [3.8, 4) is 0 Å². The quantitative estimate of drug-likeness (QED) is 0.683. The van der Waals surface area contributed by atoms with Crippen LogP contribution in [0.1, 0.15) is 46.8 Å². The van der Waals surface area contributed by atoms with Gasteiger partial charge in [-0.1, -0.05) is 42.5 Å². The van der Waals surface area contributed by atoms with Crippen LogP contribution in [0.4, 0.5) is 11.5 Å². The molecule has 0 bridgehead atoms.